The van der Waals surface area contributed by atoms with Gasteiger partial charge in [-0.25, -0.2) is 4.68 Å². The zero-order chi connectivity index (χ0) is 24.1. The molecule has 35 heavy (non-hydrogen) atoms. The number of aromatic nitrogens is 3. The fourth-order valence-corrected chi connectivity index (χ4v) is 5.18. The average Bonchev–Trinajstić information content (AvgIpc) is 3.31. The van der Waals surface area contributed by atoms with E-state index in [0.717, 1.165) is 50.6 Å². The number of aryl methyl sites for hydroxylation is 2. The summed E-state index contributed by atoms with van der Waals surface area (Å²) >= 11 is 1.54. The summed E-state index contributed by atoms with van der Waals surface area (Å²) in [6.45, 7) is 4.21. The van der Waals surface area contributed by atoms with Gasteiger partial charge in [0.1, 0.15) is 23.6 Å². The van der Waals surface area contributed by atoms with Crippen molar-refractivity contribution in [2.45, 2.75) is 31.1 Å². The zero-order valence-electron chi connectivity index (χ0n) is 20.1. The molecule has 0 saturated heterocycles. The second-order valence-corrected chi connectivity index (χ2v) is 9.68. The molecular formula is C28H26N4O2S. The van der Waals surface area contributed by atoms with Gasteiger partial charge in [0.25, 0.3) is 0 Å². The molecule has 0 bridgehead atoms. The van der Waals surface area contributed by atoms with Gasteiger partial charge < -0.3 is 14.8 Å². The highest BCUT2D eigenvalue weighted by atomic mass is 32.2. The fourth-order valence-electron chi connectivity index (χ4n) is 4.83. The lowest BCUT2D eigenvalue weighted by Gasteiger charge is -2.39. The van der Waals surface area contributed by atoms with Crippen LogP contribution in [0.15, 0.2) is 77.5 Å². The normalized spacial score (nSPS) is 18.2. The summed E-state index contributed by atoms with van der Waals surface area (Å²) in [5, 5.41) is 9.22. The number of rotatable bonds is 4. The van der Waals surface area contributed by atoms with E-state index in [-0.39, 0.29) is 12.1 Å². The zero-order valence-corrected chi connectivity index (χ0v) is 20.9. The van der Waals surface area contributed by atoms with Crippen molar-refractivity contribution in [2.24, 2.45) is 0 Å². The standard InChI is InChI=1S/C28H26N4O2S/c1-16-5-8-18(9-6-16)25-23-24(29-27-30-28(35-4)31-32(25)27)21-15-17(2)7-14-22(21)34-26(23)19-10-12-20(33-3)13-11-19/h5-15,25-26H,1-4H3,(H,29,30,31)/t25-,26+/m0/s1. The molecule has 176 valence electrons. The molecule has 6 nitrogen and oxygen atoms in total. The highest BCUT2D eigenvalue weighted by Gasteiger charge is 2.41. The third-order valence-electron chi connectivity index (χ3n) is 6.60. The van der Waals surface area contributed by atoms with Crippen LogP contribution >= 0.6 is 11.8 Å². The Kier molecular flexibility index (Phi) is 5.29. The average molecular weight is 483 g/mol. The molecule has 0 unspecified atom stereocenters. The first kappa shape index (κ1) is 21.8. The van der Waals surface area contributed by atoms with Crippen molar-refractivity contribution in [2.75, 3.05) is 18.7 Å². The lowest BCUT2D eigenvalue weighted by Crippen LogP contribution is -2.32. The van der Waals surface area contributed by atoms with E-state index in [1.165, 1.54) is 22.9 Å². The second kappa shape index (κ2) is 8.50. The molecule has 2 aliphatic heterocycles. The third-order valence-corrected chi connectivity index (χ3v) is 7.14. The Morgan fingerprint density at radius 1 is 0.943 bits per heavy atom. The summed E-state index contributed by atoms with van der Waals surface area (Å²) in [4.78, 5) is 4.78. The van der Waals surface area contributed by atoms with Gasteiger partial charge in [0, 0.05) is 11.1 Å². The maximum absolute atomic E-state index is 6.73. The Balaban J connectivity index is 1.62. The number of thioether (sulfide) groups is 1. The van der Waals surface area contributed by atoms with Crippen molar-refractivity contribution in [1.82, 2.24) is 14.8 Å². The number of nitrogens with one attached hydrogen (secondary N) is 1. The molecule has 0 radical (unpaired) electrons. The highest BCUT2D eigenvalue weighted by Crippen LogP contribution is 2.51. The first-order valence-corrected chi connectivity index (χ1v) is 12.8. The van der Waals surface area contributed by atoms with E-state index in [2.05, 4.69) is 73.8 Å². The van der Waals surface area contributed by atoms with E-state index in [9.17, 15) is 0 Å². The maximum Gasteiger partial charge on any atom is 0.227 e. The molecule has 0 aliphatic carbocycles. The second-order valence-electron chi connectivity index (χ2n) is 8.91. The van der Waals surface area contributed by atoms with Crippen molar-refractivity contribution in [1.29, 1.82) is 0 Å². The van der Waals surface area contributed by atoms with Gasteiger partial charge in [-0.1, -0.05) is 65.4 Å². The van der Waals surface area contributed by atoms with Crippen LogP contribution in [0.5, 0.6) is 11.5 Å². The van der Waals surface area contributed by atoms with Gasteiger partial charge in [0.05, 0.1) is 12.8 Å². The molecule has 1 N–H and O–H groups in total. The molecule has 0 fully saturated rings. The van der Waals surface area contributed by atoms with E-state index in [1.54, 1.807) is 7.11 Å². The number of fused-ring (bicyclic) bond motifs is 3. The van der Waals surface area contributed by atoms with Crippen molar-refractivity contribution >= 4 is 23.4 Å². The van der Waals surface area contributed by atoms with Crippen LogP contribution < -0.4 is 14.8 Å². The topological polar surface area (TPSA) is 61.2 Å². The molecule has 0 saturated carbocycles. The summed E-state index contributed by atoms with van der Waals surface area (Å²) in [7, 11) is 1.68. The minimum atomic E-state index is -0.306. The smallest absolute Gasteiger partial charge is 0.227 e. The van der Waals surface area contributed by atoms with Gasteiger partial charge in [0.2, 0.25) is 11.1 Å². The lowest BCUT2D eigenvalue weighted by molar-refractivity contribution is 0.222. The molecule has 2 aliphatic rings. The predicted molar refractivity (Wildman–Crippen MR) is 139 cm³/mol. The molecule has 0 amide bonds. The van der Waals surface area contributed by atoms with Gasteiger partial charge in [-0.3, -0.25) is 0 Å². The molecule has 3 heterocycles. The molecular weight excluding hydrogens is 456 g/mol. The minimum Gasteiger partial charge on any atom is -0.497 e. The molecule has 1 aromatic heterocycles. The molecule has 2 atom stereocenters. The fraction of sp³-hybridized carbons (Fsp3) is 0.214. The Morgan fingerprint density at radius 2 is 1.66 bits per heavy atom. The number of methoxy groups -OCH3 is 1. The third kappa shape index (κ3) is 3.67. The molecule has 3 aromatic carbocycles. The summed E-state index contributed by atoms with van der Waals surface area (Å²) < 4.78 is 14.1. The van der Waals surface area contributed by atoms with Crippen LogP contribution in [-0.4, -0.2) is 28.1 Å². The quantitative estimate of drug-likeness (QED) is 0.350. The number of hydrogen-bond donors (Lipinski definition) is 1. The van der Waals surface area contributed by atoms with E-state index in [4.69, 9.17) is 19.6 Å². The van der Waals surface area contributed by atoms with E-state index < -0.39 is 0 Å². The Morgan fingerprint density at radius 3 is 2.37 bits per heavy atom. The summed E-state index contributed by atoms with van der Waals surface area (Å²) in [5.41, 5.74) is 7.78. The van der Waals surface area contributed by atoms with E-state index >= 15 is 0 Å². The van der Waals surface area contributed by atoms with Crippen LogP contribution in [0.3, 0.4) is 0 Å². The van der Waals surface area contributed by atoms with E-state index in [1.807, 2.05) is 23.1 Å². The SMILES string of the molecule is COc1ccc([C@H]2Oc3ccc(C)cc3C3=C2[C@H](c2ccc(C)cc2)n2nc(SC)nc2N3)cc1. The van der Waals surface area contributed by atoms with Gasteiger partial charge in [0.15, 0.2) is 0 Å². The highest BCUT2D eigenvalue weighted by molar-refractivity contribution is 7.98. The largest absolute Gasteiger partial charge is 0.497 e. The molecule has 0 spiro atoms. The van der Waals surface area contributed by atoms with Crippen LogP contribution in [0.1, 0.15) is 40.0 Å². The number of benzene rings is 3. The van der Waals surface area contributed by atoms with Crippen LogP contribution in [0.25, 0.3) is 5.70 Å². The van der Waals surface area contributed by atoms with Crippen molar-refractivity contribution in [3.8, 4) is 11.5 Å². The number of nitrogens with zero attached hydrogens (tertiary/aromatic N) is 3. The molecule has 4 aromatic rings. The summed E-state index contributed by atoms with van der Waals surface area (Å²) in [6, 6.07) is 22.9. The maximum atomic E-state index is 6.73. The van der Waals surface area contributed by atoms with Gasteiger partial charge >= 0.3 is 0 Å². The van der Waals surface area contributed by atoms with E-state index in [0.29, 0.717) is 0 Å². The first-order valence-electron chi connectivity index (χ1n) is 11.6. The summed E-state index contributed by atoms with van der Waals surface area (Å²) in [5.74, 6) is 2.40. The van der Waals surface area contributed by atoms with Gasteiger partial charge in [-0.2, -0.15) is 4.98 Å². The van der Waals surface area contributed by atoms with Gasteiger partial charge in [-0.15, -0.1) is 5.10 Å². The Hall–Kier alpha value is -3.71. The molecule has 7 heteroatoms. The first-order chi connectivity index (χ1) is 17.1. The van der Waals surface area contributed by atoms with Crippen molar-refractivity contribution in [3.05, 3.63) is 100 Å². The van der Waals surface area contributed by atoms with Gasteiger partial charge in [-0.05, 0) is 55.5 Å². The molecule has 6 rings (SSSR count). The van der Waals surface area contributed by atoms with Crippen molar-refractivity contribution in [3.63, 3.8) is 0 Å². The number of ether oxygens (including phenoxy) is 2. The van der Waals surface area contributed by atoms with Crippen molar-refractivity contribution < 1.29 is 9.47 Å². The Labute approximate surface area is 209 Å². The Bertz CT molecular complexity index is 1440. The van der Waals surface area contributed by atoms with Crippen LogP contribution in [0.4, 0.5) is 5.95 Å². The van der Waals surface area contributed by atoms with Crippen LogP contribution in [0.2, 0.25) is 0 Å². The number of hydrogen-bond acceptors (Lipinski definition) is 6. The number of anilines is 1. The minimum absolute atomic E-state index is 0.170. The monoisotopic (exact) mass is 482 g/mol. The van der Waals surface area contributed by atoms with Crippen LogP contribution in [0, 0.1) is 13.8 Å². The lowest BCUT2D eigenvalue weighted by atomic mass is 9.84. The predicted octanol–water partition coefficient (Wildman–Crippen LogP) is 6.19. The van der Waals surface area contributed by atoms with Crippen LogP contribution in [-0.2, 0) is 0 Å². The summed E-state index contributed by atoms with van der Waals surface area (Å²) in [6.07, 6.45) is 1.69.